The lowest BCUT2D eigenvalue weighted by Gasteiger charge is -2.38. The molecule has 0 saturated carbocycles. The van der Waals surface area contributed by atoms with Crippen molar-refractivity contribution >= 4 is 5.91 Å². The molecular formula is C22H26F3N3O3. The van der Waals surface area contributed by atoms with Crippen LogP contribution in [0.15, 0.2) is 30.5 Å². The molecule has 0 bridgehead atoms. The first kappa shape index (κ1) is 22.8. The number of carbonyl (C=O) groups is 1. The van der Waals surface area contributed by atoms with Gasteiger partial charge in [-0.3, -0.25) is 4.79 Å². The number of nitrogens with zero attached hydrogens (tertiary/aromatic N) is 3. The second kappa shape index (κ2) is 9.53. The molecule has 2 aromatic heterocycles. The molecule has 1 saturated heterocycles. The maximum absolute atomic E-state index is 13.4. The van der Waals surface area contributed by atoms with Crippen LogP contribution < -0.4 is 9.47 Å². The van der Waals surface area contributed by atoms with E-state index in [9.17, 15) is 18.0 Å². The number of likely N-dealkylation sites (tertiary alicyclic amines) is 1. The average molecular weight is 437 g/mol. The molecule has 1 amide bonds. The van der Waals surface area contributed by atoms with E-state index in [1.54, 1.807) is 17.0 Å². The quantitative estimate of drug-likeness (QED) is 0.665. The maximum atomic E-state index is 13.4. The van der Waals surface area contributed by atoms with Crippen molar-refractivity contribution in [3.63, 3.8) is 0 Å². The van der Waals surface area contributed by atoms with Gasteiger partial charge in [-0.1, -0.05) is 6.92 Å². The number of hydrogen-bond donors (Lipinski definition) is 0. The summed E-state index contributed by atoms with van der Waals surface area (Å²) in [5, 5.41) is 0. The predicted molar refractivity (Wildman–Crippen MR) is 108 cm³/mol. The summed E-state index contributed by atoms with van der Waals surface area (Å²) in [4.78, 5) is 23.2. The number of amides is 1. The van der Waals surface area contributed by atoms with Gasteiger partial charge in [0.05, 0.1) is 18.2 Å². The minimum atomic E-state index is -4.45. The monoisotopic (exact) mass is 437 g/mol. The van der Waals surface area contributed by atoms with E-state index in [0.717, 1.165) is 18.7 Å². The molecule has 3 heterocycles. The summed E-state index contributed by atoms with van der Waals surface area (Å²) in [5.41, 5.74) is 0.129. The van der Waals surface area contributed by atoms with Crippen molar-refractivity contribution in [2.24, 2.45) is 5.92 Å². The molecule has 0 aliphatic carbocycles. The first-order chi connectivity index (χ1) is 14.7. The molecule has 31 heavy (non-hydrogen) atoms. The van der Waals surface area contributed by atoms with Gasteiger partial charge in [0.2, 0.25) is 5.88 Å². The lowest BCUT2D eigenvalue weighted by atomic mass is 9.94. The highest BCUT2D eigenvalue weighted by atomic mass is 19.4. The van der Waals surface area contributed by atoms with Crippen LogP contribution in [0.2, 0.25) is 0 Å². The Morgan fingerprint density at radius 1 is 1.19 bits per heavy atom. The highest BCUT2D eigenvalue weighted by molar-refractivity contribution is 5.95. The van der Waals surface area contributed by atoms with Crippen LogP contribution in [0, 0.1) is 12.8 Å². The average Bonchev–Trinajstić information content (AvgIpc) is 2.73. The second-order valence-corrected chi connectivity index (χ2v) is 7.72. The number of pyridine rings is 2. The fourth-order valence-corrected chi connectivity index (χ4v) is 3.55. The first-order valence-electron chi connectivity index (χ1n) is 10.3. The van der Waals surface area contributed by atoms with E-state index in [1.165, 1.54) is 6.07 Å². The zero-order chi connectivity index (χ0) is 22.6. The number of carbonyl (C=O) groups excluding carboxylic acids is 1. The number of aromatic nitrogens is 2. The number of aryl methyl sites for hydroxylation is 1. The molecular weight excluding hydrogens is 411 g/mol. The van der Waals surface area contributed by atoms with Gasteiger partial charge in [0.1, 0.15) is 6.61 Å². The summed E-state index contributed by atoms with van der Waals surface area (Å²) in [6.45, 7) is 6.80. The molecule has 0 spiro atoms. The number of hydrogen-bond acceptors (Lipinski definition) is 5. The normalized spacial score (nSPS) is 19.2. The summed E-state index contributed by atoms with van der Waals surface area (Å²) in [6.07, 6.45) is -2.08. The van der Waals surface area contributed by atoms with E-state index >= 15 is 0 Å². The molecule has 1 aliphatic rings. The Hall–Kier alpha value is -2.84. The van der Waals surface area contributed by atoms with Crippen LogP contribution in [0.3, 0.4) is 0 Å². The molecule has 1 aliphatic heterocycles. The third kappa shape index (κ3) is 5.65. The molecule has 0 unspecified atom stereocenters. The smallest absolute Gasteiger partial charge is 0.417 e. The van der Waals surface area contributed by atoms with E-state index in [4.69, 9.17) is 9.47 Å². The molecule has 9 heteroatoms. The zero-order valence-electron chi connectivity index (χ0n) is 17.8. The topological polar surface area (TPSA) is 64.5 Å². The van der Waals surface area contributed by atoms with Gasteiger partial charge in [-0.15, -0.1) is 0 Å². The van der Waals surface area contributed by atoms with Crippen LogP contribution in [-0.4, -0.2) is 46.6 Å². The minimum absolute atomic E-state index is 0.0858. The van der Waals surface area contributed by atoms with E-state index in [1.807, 2.05) is 13.8 Å². The SMILES string of the molecule is CCOc1ccc(C)nc1C(=O)N1C[C@H](C)CC[C@H]1COc1ccc(C(F)(F)F)cn1. The Labute approximate surface area is 179 Å². The van der Waals surface area contributed by atoms with Gasteiger partial charge >= 0.3 is 6.18 Å². The van der Waals surface area contributed by atoms with E-state index in [0.29, 0.717) is 36.9 Å². The molecule has 6 nitrogen and oxygen atoms in total. The highest BCUT2D eigenvalue weighted by Gasteiger charge is 2.34. The Balaban J connectivity index is 1.76. The lowest BCUT2D eigenvalue weighted by Crippen LogP contribution is -2.49. The maximum Gasteiger partial charge on any atom is 0.417 e. The lowest BCUT2D eigenvalue weighted by molar-refractivity contribution is -0.137. The summed E-state index contributed by atoms with van der Waals surface area (Å²) in [5.74, 6) is 0.584. The van der Waals surface area contributed by atoms with Crippen LogP contribution in [0.4, 0.5) is 13.2 Å². The predicted octanol–water partition coefficient (Wildman–Crippen LogP) is 4.52. The summed E-state index contributed by atoms with van der Waals surface area (Å²) >= 11 is 0. The van der Waals surface area contributed by atoms with E-state index in [2.05, 4.69) is 16.9 Å². The molecule has 0 N–H and O–H groups in total. The number of alkyl halides is 3. The Morgan fingerprint density at radius 3 is 2.61 bits per heavy atom. The third-order valence-corrected chi connectivity index (χ3v) is 5.19. The zero-order valence-corrected chi connectivity index (χ0v) is 17.8. The van der Waals surface area contributed by atoms with Crippen molar-refractivity contribution in [3.8, 4) is 11.6 Å². The molecule has 0 radical (unpaired) electrons. The van der Waals surface area contributed by atoms with Gasteiger partial charge in [-0.05, 0) is 50.8 Å². The molecule has 3 rings (SSSR count). The fourth-order valence-electron chi connectivity index (χ4n) is 3.55. The van der Waals surface area contributed by atoms with Crippen molar-refractivity contribution < 1.29 is 27.4 Å². The van der Waals surface area contributed by atoms with Gasteiger partial charge in [-0.2, -0.15) is 13.2 Å². The second-order valence-electron chi connectivity index (χ2n) is 7.72. The fraction of sp³-hybridized carbons (Fsp3) is 0.500. The summed E-state index contributed by atoms with van der Waals surface area (Å²) in [6, 6.07) is 5.40. The molecule has 2 atom stereocenters. The van der Waals surface area contributed by atoms with Gasteiger partial charge in [0.25, 0.3) is 5.91 Å². The number of halogens is 3. The van der Waals surface area contributed by atoms with Crippen LogP contribution in [0.1, 0.15) is 48.4 Å². The third-order valence-electron chi connectivity index (χ3n) is 5.19. The van der Waals surface area contributed by atoms with Crippen LogP contribution in [0.5, 0.6) is 11.6 Å². The van der Waals surface area contributed by atoms with Crippen molar-refractivity contribution in [2.45, 2.75) is 45.8 Å². The Bertz CT molecular complexity index is 903. The summed E-state index contributed by atoms with van der Waals surface area (Å²) < 4.78 is 49.4. The highest BCUT2D eigenvalue weighted by Crippen LogP contribution is 2.30. The molecule has 168 valence electrons. The Kier molecular flexibility index (Phi) is 7.02. The van der Waals surface area contributed by atoms with Gasteiger partial charge in [0.15, 0.2) is 11.4 Å². The van der Waals surface area contributed by atoms with Crippen molar-refractivity contribution in [1.82, 2.24) is 14.9 Å². The van der Waals surface area contributed by atoms with Crippen LogP contribution >= 0.6 is 0 Å². The number of rotatable bonds is 6. The van der Waals surface area contributed by atoms with Gasteiger partial charge in [0, 0.05) is 24.5 Å². The minimum Gasteiger partial charge on any atom is -0.491 e. The summed E-state index contributed by atoms with van der Waals surface area (Å²) in [7, 11) is 0. The molecule has 1 fully saturated rings. The van der Waals surface area contributed by atoms with Crippen LogP contribution in [0.25, 0.3) is 0 Å². The molecule has 2 aromatic rings. The van der Waals surface area contributed by atoms with Crippen molar-refractivity contribution in [2.75, 3.05) is 19.8 Å². The standard InChI is InChI=1S/C22H26F3N3O3/c1-4-30-18-9-6-15(3)27-20(18)21(29)28-12-14(2)5-8-17(28)13-31-19-10-7-16(11-26-19)22(23,24)25/h6-7,9-11,14,17H,4-5,8,12-13H2,1-3H3/t14-,17+/m1/s1. The van der Waals surface area contributed by atoms with Crippen LogP contribution in [-0.2, 0) is 6.18 Å². The number of ether oxygens (including phenoxy) is 2. The van der Waals surface area contributed by atoms with E-state index in [-0.39, 0.29) is 30.1 Å². The first-order valence-corrected chi connectivity index (χ1v) is 10.3. The molecule has 0 aromatic carbocycles. The van der Waals surface area contributed by atoms with Crippen molar-refractivity contribution in [1.29, 1.82) is 0 Å². The Morgan fingerprint density at radius 2 is 1.97 bits per heavy atom. The van der Waals surface area contributed by atoms with Crippen molar-refractivity contribution in [3.05, 3.63) is 47.4 Å². The van der Waals surface area contributed by atoms with E-state index < -0.39 is 11.7 Å². The van der Waals surface area contributed by atoms with Gasteiger partial charge < -0.3 is 14.4 Å². The largest absolute Gasteiger partial charge is 0.491 e. The number of piperidine rings is 1. The van der Waals surface area contributed by atoms with Gasteiger partial charge in [-0.25, -0.2) is 9.97 Å².